The molecule has 1 amide bonds. The Morgan fingerprint density at radius 1 is 1.28 bits per heavy atom. The highest BCUT2D eigenvalue weighted by atomic mass is 16.5. The summed E-state index contributed by atoms with van der Waals surface area (Å²) in [5.41, 5.74) is 0.591. The molecule has 1 N–H and O–H groups in total. The van der Waals surface area contributed by atoms with Crippen molar-refractivity contribution < 1.29 is 9.53 Å². The summed E-state index contributed by atoms with van der Waals surface area (Å²) in [4.78, 5) is 12.4. The SMILES string of the molecule is CC(C)CCOc1ccc(C(=O)N[C@H](C)c2nnnn2C2CC2)cc1. The Bertz CT molecular complexity index is 707. The van der Waals surface area contributed by atoms with Crippen molar-refractivity contribution in [2.45, 2.75) is 52.1 Å². The average molecular weight is 343 g/mol. The number of nitrogens with one attached hydrogen (secondary N) is 1. The Kier molecular flexibility index (Phi) is 5.31. The first-order valence-corrected chi connectivity index (χ1v) is 8.86. The van der Waals surface area contributed by atoms with E-state index in [1.165, 1.54) is 0 Å². The molecule has 1 aromatic heterocycles. The summed E-state index contributed by atoms with van der Waals surface area (Å²) >= 11 is 0. The van der Waals surface area contributed by atoms with E-state index >= 15 is 0 Å². The van der Waals surface area contributed by atoms with Crippen LogP contribution in [0.2, 0.25) is 0 Å². The van der Waals surface area contributed by atoms with Crippen molar-refractivity contribution in [2.75, 3.05) is 6.61 Å². The fourth-order valence-corrected chi connectivity index (χ4v) is 2.52. The molecular formula is C18H25N5O2. The molecule has 1 heterocycles. The van der Waals surface area contributed by atoms with E-state index in [0.717, 1.165) is 25.0 Å². The number of benzene rings is 1. The van der Waals surface area contributed by atoms with Gasteiger partial charge in [0.25, 0.3) is 5.91 Å². The van der Waals surface area contributed by atoms with Crippen molar-refractivity contribution in [3.63, 3.8) is 0 Å². The maximum Gasteiger partial charge on any atom is 0.251 e. The largest absolute Gasteiger partial charge is 0.494 e. The van der Waals surface area contributed by atoms with Crippen LogP contribution >= 0.6 is 0 Å². The third-order valence-electron chi connectivity index (χ3n) is 4.23. The number of aromatic nitrogens is 4. The van der Waals surface area contributed by atoms with Crippen LogP contribution in [0.3, 0.4) is 0 Å². The molecule has 3 rings (SSSR count). The number of hydrogen-bond donors (Lipinski definition) is 1. The van der Waals surface area contributed by atoms with Gasteiger partial charge < -0.3 is 10.1 Å². The lowest BCUT2D eigenvalue weighted by molar-refractivity contribution is 0.0937. The molecule has 0 unspecified atom stereocenters. The van der Waals surface area contributed by atoms with Gasteiger partial charge in [-0.2, -0.15) is 0 Å². The van der Waals surface area contributed by atoms with Gasteiger partial charge in [-0.05, 0) is 66.8 Å². The van der Waals surface area contributed by atoms with Gasteiger partial charge in [-0.3, -0.25) is 4.79 Å². The van der Waals surface area contributed by atoms with E-state index in [4.69, 9.17) is 4.74 Å². The molecular weight excluding hydrogens is 318 g/mol. The second-order valence-corrected chi connectivity index (χ2v) is 6.96. The summed E-state index contributed by atoms with van der Waals surface area (Å²) < 4.78 is 7.50. The zero-order valence-corrected chi connectivity index (χ0v) is 15.0. The van der Waals surface area contributed by atoms with E-state index in [2.05, 4.69) is 34.7 Å². The van der Waals surface area contributed by atoms with Crippen LogP contribution in [0.5, 0.6) is 5.75 Å². The van der Waals surface area contributed by atoms with Crippen LogP contribution in [0.4, 0.5) is 0 Å². The number of tetrazole rings is 1. The number of hydrogen-bond acceptors (Lipinski definition) is 5. The molecule has 0 spiro atoms. The van der Waals surface area contributed by atoms with Crippen LogP contribution in [0.25, 0.3) is 0 Å². The molecule has 1 atom stereocenters. The molecule has 7 nitrogen and oxygen atoms in total. The van der Waals surface area contributed by atoms with Gasteiger partial charge in [-0.1, -0.05) is 13.8 Å². The summed E-state index contributed by atoms with van der Waals surface area (Å²) in [5.74, 6) is 1.94. The summed E-state index contributed by atoms with van der Waals surface area (Å²) in [6.07, 6.45) is 3.20. The molecule has 0 radical (unpaired) electrons. The molecule has 1 aliphatic rings. The fraction of sp³-hybridized carbons (Fsp3) is 0.556. The Hall–Kier alpha value is -2.44. The van der Waals surface area contributed by atoms with E-state index < -0.39 is 0 Å². The van der Waals surface area contributed by atoms with Gasteiger partial charge in [0, 0.05) is 5.56 Å². The molecule has 2 aromatic rings. The highest BCUT2D eigenvalue weighted by Crippen LogP contribution is 2.35. The van der Waals surface area contributed by atoms with Crippen molar-refractivity contribution in [1.29, 1.82) is 0 Å². The van der Waals surface area contributed by atoms with Gasteiger partial charge in [-0.15, -0.1) is 5.10 Å². The highest BCUT2D eigenvalue weighted by molar-refractivity contribution is 5.94. The van der Waals surface area contributed by atoms with E-state index in [9.17, 15) is 4.79 Å². The zero-order chi connectivity index (χ0) is 17.8. The average Bonchev–Trinajstić information content (AvgIpc) is 3.31. The number of carbonyl (C=O) groups is 1. The molecule has 1 fully saturated rings. The Morgan fingerprint density at radius 3 is 2.64 bits per heavy atom. The van der Waals surface area contributed by atoms with E-state index in [0.29, 0.717) is 30.0 Å². The molecule has 134 valence electrons. The molecule has 0 bridgehead atoms. The Labute approximate surface area is 147 Å². The number of ether oxygens (including phenoxy) is 1. The second-order valence-electron chi connectivity index (χ2n) is 6.96. The maximum atomic E-state index is 12.4. The van der Waals surface area contributed by atoms with Gasteiger partial charge in [-0.25, -0.2) is 4.68 Å². The first-order valence-electron chi connectivity index (χ1n) is 8.86. The second kappa shape index (κ2) is 7.63. The third kappa shape index (κ3) is 4.55. The minimum atomic E-state index is -0.245. The molecule has 25 heavy (non-hydrogen) atoms. The van der Waals surface area contributed by atoms with Crippen LogP contribution < -0.4 is 10.1 Å². The quantitative estimate of drug-likeness (QED) is 0.797. The number of amides is 1. The lowest BCUT2D eigenvalue weighted by Gasteiger charge is -2.14. The summed E-state index contributed by atoms with van der Waals surface area (Å²) in [7, 11) is 0. The van der Waals surface area contributed by atoms with Crippen LogP contribution in [-0.4, -0.2) is 32.7 Å². The normalized spacial score (nSPS) is 15.2. The van der Waals surface area contributed by atoms with Crippen molar-refractivity contribution >= 4 is 5.91 Å². The van der Waals surface area contributed by atoms with Crippen LogP contribution in [0.1, 0.15) is 68.3 Å². The number of nitrogens with zero attached hydrogens (tertiary/aromatic N) is 4. The Morgan fingerprint density at radius 2 is 2.00 bits per heavy atom. The first-order chi connectivity index (χ1) is 12.0. The standard InChI is InChI=1S/C18H25N5O2/c1-12(2)10-11-25-16-8-4-14(5-9-16)18(24)19-13(3)17-20-21-22-23(17)15-6-7-15/h4-5,8-9,12-13,15H,6-7,10-11H2,1-3H3,(H,19,24)/t13-/m1/s1. The van der Waals surface area contributed by atoms with Crippen molar-refractivity contribution in [3.05, 3.63) is 35.7 Å². The van der Waals surface area contributed by atoms with E-state index in [1.807, 2.05) is 23.7 Å². The smallest absolute Gasteiger partial charge is 0.251 e. The van der Waals surface area contributed by atoms with Crippen LogP contribution in [-0.2, 0) is 0 Å². The Balaban J connectivity index is 1.56. The molecule has 0 saturated heterocycles. The van der Waals surface area contributed by atoms with E-state index in [1.54, 1.807) is 12.1 Å². The summed E-state index contributed by atoms with van der Waals surface area (Å²) in [6.45, 7) is 6.91. The van der Waals surface area contributed by atoms with Crippen LogP contribution in [0, 0.1) is 5.92 Å². The predicted octanol–water partition coefficient (Wildman–Crippen LogP) is 2.92. The number of carbonyl (C=O) groups excluding carboxylic acids is 1. The summed E-state index contributed by atoms with van der Waals surface area (Å²) in [6, 6.07) is 7.34. The fourth-order valence-electron chi connectivity index (χ4n) is 2.52. The topological polar surface area (TPSA) is 81.9 Å². The van der Waals surface area contributed by atoms with Gasteiger partial charge in [0.1, 0.15) is 5.75 Å². The minimum Gasteiger partial charge on any atom is -0.494 e. The number of rotatable bonds is 8. The van der Waals surface area contributed by atoms with Crippen molar-refractivity contribution in [1.82, 2.24) is 25.5 Å². The zero-order valence-electron chi connectivity index (χ0n) is 15.0. The van der Waals surface area contributed by atoms with E-state index in [-0.39, 0.29) is 11.9 Å². The van der Waals surface area contributed by atoms with Crippen LogP contribution in [0.15, 0.2) is 24.3 Å². The lowest BCUT2D eigenvalue weighted by atomic mass is 10.1. The first kappa shape index (κ1) is 17.4. The maximum absolute atomic E-state index is 12.4. The molecule has 1 saturated carbocycles. The van der Waals surface area contributed by atoms with Gasteiger partial charge >= 0.3 is 0 Å². The van der Waals surface area contributed by atoms with Gasteiger partial charge in [0.2, 0.25) is 0 Å². The lowest BCUT2D eigenvalue weighted by Crippen LogP contribution is -2.28. The summed E-state index contributed by atoms with van der Waals surface area (Å²) in [5, 5.41) is 14.8. The monoisotopic (exact) mass is 343 g/mol. The van der Waals surface area contributed by atoms with Crippen molar-refractivity contribution in [2.24, 2.45) is 5.92 Å². The molecule has 0 aliphatic heterocycles. The molecule has 1 aromatic carbocycles. The highest BCUT2D eigenvalue weighted by Gasteiger charge is 2.29. The molecule has 1 aliphatic carbocycles. The minimum absolute atomic E-state index is 0.147. The molecule has 7 heteroatoms. The van der Waals surface area contributed by atoms with Gasteiger partial charge in [0.05, 0.1) is 18.7 Å². The van der Waals surface area contributed by atoms with Gasteiger partial charge in [0.15, 0.2) is 5.82 Å². The predicted molar refractivity (Wildman–Crippen MR) is 93.4 cm³/mol. The third-order valence-corrected chi connectivity index (χ3v) is 4.23. The van der Waals surface area contributed by atoms with Crippen molar-refractivity contribution in [3.8, 4) is 5.75 Å².